The summed E-state index contributed by atoms with van der Waals surface area (Å²) in [7, 11) is 0. The minimum absolute atomic E-state index is 0.110. The van der Waals surface area contributed by atoms with Gasteiger partial charge in [-0.15, -0.1) is 0 Å². The van der Waals surface area contributed by atoms with E-state index in [9.17, 15) is 4.79 Å². The lowest BCUT2D eigenvalue weighted by atomic mass is 9.96. The van der Waals surface area contributed by atoms with Gasteiger partial charge < -0.3 is 4.90 Å². The van der Waals surface area contributed by atoms with Crippen LogP contribution in [0, 0.1) is 26.7 Å². The van der Waals surface area contributed by atoms with Gasteiger partial charge in [-0.05, 0) is 58.2 Å². The van der Waals surface area contributed by atoms with Crippen LogP contribution in [0.1, 0.15) is 29.7 Å². The van der Waals surface area contributed by atoms with Crippen LogP contribution in [0.25, 0.3) is 0 Å². The van der Waals surface area contributed by atoms with Crippen molar-refractivity contribution in [2.24, 2.45) is 5.92 Å². The summed E-state index contributed by atoms with van der Waals surface area (Å²) < 4.78 is 3.80. The van der Waals surface area contributed by atoms with Gasteiger partial charge >= 0.3 is 0 Å². The van der Waals surface area contributed by atoms with Crippen molar-refractivity contribution in [3.05, 3.63) is 45.9 Å². The van der Waals surface area contributed by atoms with Crippen molar-refractivity contribution in [1.29, 1.82) is 0 Å². The van der Waals surface area contributed by atoms with E-state index in [4.69, 9.17) is 0 Å². The lowest BCUT2D eigenvalue weighted by molar-refractivity contribution is 0.166. The normalized spacial score (nSPS) is 16.6. The van der Waals surface area contributed by atoms with E-state index in [2.05, 4.69) is 28.1 Å². The molecule has 0 atom stereocenters. The zero-order chi connectivity index (χ0) is 17.1. The van der Waals surface area contributed by atoms with Crippen molar-refractivity contribution in [3.8, 4) is 0 Å². The van der Waals surface area contributed by atoms with E-state index in [0.29, 0.717) is 5.92 Å². The third kappa shape index (κ3) is 3.93. The van der Waals surface area contributed by atoms with E-state index in [1.807, 2.05) is 24.7 Å². The SMILES string of the molecule is Cc1cnn(CCN2CCC(Cn3cnc(C)c(C)c3=O)CC2)c1. The maximum atomic E-state index is 12.3. The molecule has 3 rings (SSSR count). The molecule has 1 aliphatic heterocycles. The van der Waals surface area contributed by atoms with Crippen molar-refractivity contribution in [2.75, 3.05) is 19.6 Å². The summed E-state index contributed by atoms with van der Waals surface area (Å²) >= 11 is 0. The monoisotopic (exact) mass is 329 g/mol. The Hall–Kier alpha value is -1.95. The topological polar surface area (TPSA) is 56.0 Å². The molecule has 2 aromatic rings. The number of hydrogen-bond donors (Lipinski definition) is 0. The molecular weight excluding hydrogens is 302 g/mol. The molecule has 3 heterocycles. The first-order valence-corrected chi connectivity index (χ1v) is 8.77. The minimum atomic E-state index is 0.110. The fourth-order valence-corrected chi connectivity index (χ4v) is 3.31. The average Bonchev–Trinajstić information content (AvgIpc) is 3.00. The molecule has 1 aliphatic rings. The Bertz CT molecular complexity index is 740. The summed E-state index contributed by atoms with van der Waals surface area (Å²) in [5, 5.41) is 4.34. The van der Waals surface area contributed by atoms with Crippen molar-refractivity contribution in [1.82, 2.24) is 24.2 Å². The first-order chi connectivity index (χ1) is 11.5. The van der Waals surface area contributed by atoms with Gasteiger partial charge in [0.25, 0.3) is 5.56 Å². The molecular formula is C18H27N5O. The molecule has 0 amide bonds. The van der Waals surface area contributed by atoms with Crippen molar-refractivity contribution >= 4 is 0 Å². The molecule has 1 fully saturated rings. The quantitative estimate of drug-likeness (QED) is 0.839. The van der Waals surface area contributed by atoms with E-state index in [-0.39, 0.29) is 5.56 Å². The largest absolute Gasteiger partial charge is 0.301 e. The molecule has 24 heavy (non-hydrogen) atoms. The fraction of sp³-hybridized carbons (Fsp3) is 0.611. The summed E-state index contributed by atoms with van der Waals surface area (Å²) in [6.07, 6.45) is 7.97. The van der Waals surface area contributed by atoms with Crippen LogP contribution >= 0.6 is 0 Å². The smallest absolute Gasteiger partial charge is 0.256 e. The lowest BCUT2D eigenvalue weighted by Gasteiger charge is -2.32. The van der Waals surface area contributed by atoms with Crippen LogP contribution in [0.2, 0.25) is 0 Å². The van der Waals surface area contributed by atoms with Crippen LogP contribution in [0.4, 0.5) is 0 Å². The Morgan fingerprint density at radius 2 is 1.92 bits per heavy atom. The number of nitrogens with zero attached hydrogens (tertiary/aromatic N) is 5. The molecule has 6 heteroatoms. The van der Waals surface area contributed by atoms with Gasteiger partial charge in [0.05, 0.1) is 19.1 Å². The molecule has 6 nitrogen and oxygen atoms in total. The van der Waals surface area contributed by atoms with Crippen LogP contribution < -0.4 is 5.56 Å². The molecule has 0 radical (unpaired) electrons. The van der Waals surface area contributed by atoms with E-state index < -0.39 is 0 Å². The van der Waals surface area contributed by atoms with Gasteiger partial charge in [0.1, 0.15) is 0 Å². The number of rotatable bonds is 5. The van der Waals surface area contributed by atoms with Crippen LogP contribution in [-0.4, -0.2) is 43.9 Å². The molecule has 2 aromatic heterocycles. The Kier molecular flexibility index (Phi) is 5.14. The van der Waals surface area contributed by atoms with Crippen molar-refractivity contribution < 1.29 is 0 Å². The summed E-state index contributed by atoms with van der Waals surface area (Å²) in [5.74, 6) is 0.565. The van der Waals surface area contributed by atoms with Gasteiger partial charge in [-0.3, -0.25) is 14.0 Å². The standard InChI is InChI=1S/C18H27N5O/c1-14-10-20-23(11-14)9-8-21-6-4-17(5-7-21)12-22-13-19-16(3)15(2)18(22)24/h10-11,13,17H,4-9,12H2,1-3H3. The molecule has 0 aromatic carbocycles. The Labute approximate surface area is 143 Å². The molecule has 0 saturated carbocycles. The van der Waals surface area contributed by atoms with E-state index in [1.165, 1.54) is 5.56 Å². The highest BCUT2D eigenvalue weighted by Gasteiger charge is 2.20. The van der Waals surface area contributed by atoms with Gasteiger partial charge in [-0.25, -0.2) is 4.98 Å². The van der Waals surface area contributed by atoms with Gasteiger partial charge in [0.15, 0.2) is 0 Å². The number of aromatic nitrogens is 4. The number of piperidine rings is 1. The second kappa shape index (κ2) is 7.30. The van der Waals surface area contributed by atoms with Gasteiger partial charge in [-0.2, -0.15) is 5.10 Å². The summed E-state index contributed by atoms with van der Waals surface area (Å²) in [5.41, 5.74) is 2.92. The molecule has 0 aliphatic carbocycles. The van der Waals surface area contributed by atoms with Crippen LogP contribution in [0.3, 0.4) is 0 Å². The first kappa shape index (κ1) is 16.9. The van der Waals surface area contributed by atoms with Crippen LogP contribution in [-0.2, 0) is 13.1 Å². The molecule has 0 unspecified atom stereocenters. The second-order valence-electron chi connectivity index (χ2n) is 6.98. The van der Waals surface area contributed by atoms with Gasteiger partial charge in [0.2, 0.25) is 0 Å². The number of likely N-dealkylation sites (tertiary alicyclic amines) is 1. The summed E-state index contributed by atoms with van der Waals surface area (Å²) in [6.45, 7) is 10.8. The third-order valence-corrected chi connectivity index (χ3v) is 5.08. The maximum absolute atomic E-state index is 12.3. The summed E-state index contributed by atoms with van der Waals surface area (Å²) in [4.78, 5) is 19.1. The third-order valence-electron chi connectivity index (χ3n) is 5.08. The van der Waals surface area contributed by atoms with Crippen molar-refractivity contribution in [2.45, 2.75) is 46.7 Å². The van der Waals surface area contributed by atoms with Gasteiger partial charge in [0, 0.05) is 30.5 Å². The maximum Gasteiger partial charge on any atom is 0.256 e. The first-order valence-electron chi connectivity index (χ1n) is 8.77. The van der Waals surface area contributed by atoms with Gasteiger partial charge in [-0.1, -0.05) is 0 Å². The predicted octanol–water partition coefficient (Wildman–Crippen LogP) is 1.78. The van der Waals surface area contributed by atoms with Crippen LogP contribution in [0.15, 0.2) is 23.5 Å². The highest BCUT2D eigenvalue weighted by Crippen LogP contribution is 2.18. The number of aryl methyl sites for hydroxylation is 2. The van der Waals surface area contributed by atoms with E-state index in [1.54, 1.807) is 10.9 Å². The Balaban J connectivity index is 1.48. The van der Waals surface area contributed by atoms with E-state index >= 15 is 0 Å². The molecule has 0 N–H and O–H groups in total. The zero-order valence-corrected chi connectivity index (χ0v) is 14.9. The Morgan fingerprint density at radius 1 is 1.17 bits per heavy atom. The molecule has 0 bridgehead atoms. The number of hydrogen-bond acceptors (Lipinski definition) is 4. The zero-order valence-electron chi connectivity index (χ0n) is 14.9. The molecule has 130 valence electrons. The van der Waals surface area contributed by atoms with Crippen LogP contribution in [0.5, 0.6) is 0 Å². The minimum Gasteiger partial charge on any atom is -0.301 e. The predicted molar refractivity (Wildman–Crippen MR) is 94.1 cm³/mol. The van der Waals surface area contributed by atoms with E-state index in [0.717, 1.165) is 56.8 Å². The molecule has 1 saturated heterocycles. The molecule has 0 spiro atoms. The van der Waals surface area contributed by atoms with Crippen molar-refractivity contribution in [3.63, 3.8) is 0 Å². The average molecular weight is 329 g/mol. The highest BCUT2D eigenvalue weighted by atomic mass is 16.1. The fourth-order valence-electron chi connectivity index (χ4n) is 3.31. The Morgan fingerprint density at radius 3 is 2.58 bits per heavy atom. The lowest BCUT2D eigenvalue weighted by Crippen LogP contribution is -2.38. The highest BCUT2D eigenvalue weighted by molar-refractivity contribution is 5.12. The second-order valence-corrected chi connectivity index (χ2v) is 6.98. The summed E-state index contributed by atoms with van der Waals surface area (Å²) in [6, 6.07) is 0.